The fraction of sp³-hybridized carbons (Fsp3) is 0.235. The molecule has 0 N–H and O–H groups in total. The predicted molar refractivity (Wildman–Crippen MR) is 81.2 cm³/mol. The third-order valence-corrected chi connectivity index (χ3v) is 3.79. The number of benzene rings is 1. The molecule has 1 aromatic carbocycles. The van der Waals surface area contributed by atoms with Crippen molar-refractivity contribution in [2.45, 2.75) is 26.2 Å². The molecule has 0 spiro atoms. The molecule has 0 aliphatic heterocycles. The van der Waals surface area contributed by atoms with E-state index in [1.54, 1.807) is 0 Å². The van der Waals surface area contributed by atoms with Crippen molar-refractivity contribution in [3.63, 3.8) is 0 Å². The first-order valence-corrected chi connectivity index (χ1v) is 7.04. The smallest absolute Gasteiger partial charge is 0.0517 e. The molecule has 96 valence electrons. The average molecular weight is 270 g/mol. The Morgan fingerprint density at radius 3 is 2.74 bits per heavy atom. The van der Waals surface area contributed by atoms with E-state index in [4.69, 9.17) is 11.6 Å². The highest BCUT2D eigenvalue weighted by molar-refractivity contribution is 6.32. The topological polar surface area (TPSA) is 12.9 Å². The van der Waals surface area contributed by atoms with Gasteiger partial charge in [-0.3, -0.25) is 4.98 Å². The van der Waals surface area contributed by atoms with Crippen molar-refractivity contribution in [1.29, 1.82) is 0 Å². The van der Waals surface area contributed by atoms with E-state index in [0.717, 1.165) is 41.2 Å². The number of aryl methyl sites for hydroxylation is 2. The van der Waals surface area contributed by atoms with E-state index in [9.17, 15) is 0 Å². The molecule has 1 aliphatic carbocycles. The maximum absolute atomic E-state index is 6.43. The van der Waals surface area contributed by atoms with Crippen molar-refractivity contribution in [2.75, 3.05) is 0 Å². The summed E-state index contributed by atoms with van der Waals surface area (Å²) in [6.45, 7) is 2.00. The Balaban J connectivity index is 2.10. The molecule has 2 aromatic rings. The van der Waals surface area contributed by atoms with Gasteiger partial charge in [0.05, 0.1) is 5.02 Å². The van der Waals surface area contributed by atoms with E-state index >= 15 is 0 Å². The number of aromatic nitrogens is 1. The summed E-state index contributed by atoms with van der Waals surface area (Å²) in [6.07, 6.45) is 5.49. The lowest BCUT2D eigenvalue weighted by molar-refractivity contribution is 0.790. The second-order valence-electron chi connectivity index (χ2n) is 5.00. The molecule has 0 bridgehead atoms. The Morgan fingerprint density at radius 1 is 1.16 bits per heavy atom. The van der Waals surface area contributed by atoms with Gasteiger partial charge in [0.1, 0.15) is 0 Å². The predicted octanol–water partition coefficient (Wildman–Crippen LogP) is 4.92. The molecule has 3 rings (SSSR count). The molecule has 0 atom stereocenters. The molecule has 1 aromatic heterocycles. The van der Waals surface area contributed by atoms with Crippen LogP contribution in [-0.4, -0.2) is 4.98 Å². The Labute approximate surface area is 119 Å². The van der Waals surface area contributed by atoms with Gasteiger partial charge in [-0.15, -0.1) is 0 Å². The van der Waals surface area contributed by atoms with E-state index in [2.05, 4.69) is 35.3 Å². The van der Waals surface area contributed by atoms with Gasteiger partial charge in [0, 0.05) is 17.0 Å². The van der Waals surface area contributed by atoms with Gasteiger partial charge in [-0.05, 0) is 43.4 Å². The minimum Gasteiger partial charge on any atom is -0.257 e. The minimum absolute atomic E-state index is 0.837. The maximum Gasteiger partial charge on any atom is 0.0517 e. The molecular formula is C17H16ClN. The number of hydrogen-bond acceptors (Lipinski definition) is 1. The van der Waals surface area contributed by atoms with Crippen LogP contribution in [0.4, 0.5) is 0 Å². The van der Waals surface area contributed by atoms with Gasteiger partial charge in [-0.2, -0.15) is 0 Å². The molecule has 2 heteroatoms. The van der Waals surface area contributed by atoms with E-state index < -0.39 is 0 Å². The molecular weight excluding hydrogens is 254 g/mol. The van der Waals surface area contributed by atoms with E-state index in [1.807, 2.05) is 19.1 Å². The van der Waals surface area contributed by atoms with Crippen LogP contribution in [0.15, 0.2) is 36.4 Å². The lowest BCUT2D eigenvalue weighted by Gasteiger charge is -2.20. The average Bonchev–Trinajstić information content (AvgIpc) is 2.39. The fourth-order valence-corrected chi connectivity index (χ4v) is 3.07. The largest absolute Gasteiger partial charge is 0.257 e. The summed E-state index contributed by atoms with van der Waals surface area (Å²) in [4.78, 5) is 4.64. The van der Waals surface area contributed by atoms with Gasteiger partial charge in [0.2, 0.25) is 0 Å². The van der Waals surface area contributed by atoms with Gasteiger partial charge < -0.3 is 0 Å². The summed E-state index contributed by atoms with van der Waals surface area (Å²) in [5.74, 6) is 0. The highest BCUT2D eigenvalue weighted by Crippen LogP contribution is 2.36. The highest BCUT2D eigenvalue weighted by atomic mass is 35.5. The Hall–Kier alpha value is -1.60. The van der Waals surface area contributed by atoms with E-state index in [1.165, 1.54) is 11.1 Å². The molecule has 1 aliphatic rings. The first-order chi connectivity index (χ1) is 9.24. The molecule has 1 nitrogen and oxygen atoms in total. The zero-order valence-corrected chi connectivity index (χ0v) is 11.7. The highest BCUT2D eigenvalue weighted by Gasteiger charge is 2.18. The second-order valence-corrected chi connectivity index (χ2v) is 5.41. The molecule has 1 heterocycles. The van der Waals surface area contributed by atoms with Crippen LogP contribution in [0.5, 0.6) is 0 Å². The van der Waals surface area contributed by atoms with Crippen LogP contribution in [0.3, 0.4) is 0 Å². The van der Waals surface area contributed by atoms with Gasteiger partial charge >= 0.3 is 0 Å². The molecule has 0 fully saturated rings. The second kappa shape index (κ2) is 5.18. The van der Waals surface area contributed by atoms with Crippen LogP contribution in [0.2, 0.25) is 5.02 Å². The minimum atomic E-state index is 0.837. The van der Waals surface area contributed by atoms with Crippen LogP contribution in [0, 0.1) is 6.92 Å². The number of allylic oxidation sites excluding steroid dienone is 1. The molecule has 0 amide bonds. The number of halogens is 1. The summed E-state index contributed by atoms with van der Waals surface area (Å²) in [7, 11) is 0. The quantitative estimate of drug-likeness (QED) is 0.716. The van der Waals surface area contributed by atoms with Crippen LogP contribution < -0.4 is 0 Å². The van der Waals surface area contributed by atoms with Crippen LogP contribution >= 0.6 is 11.6 Å². The number of hydrogen-bond donors (Lipinski definition) is 0. The standard InChI is InChI=1S/C17H16ClN/c1-12-10-15(18)17-14(8-5-9-16(17)19-12)11-13-6-3-2-4-7-13/h2-4,6-7,10-11H,5,8-9H2,1H3. The summed E-state index contributed by atoms with van der Waals surface area (Å²) >= 11 is 6.43. The summed E-state index contributed by atoms with van der Waals surface area (Å²) in [5, 5.41) is 0.837. The van der Waals surface area contributed by atoms with Gasteiger partial charge in [0.25, 0.3) is 0 Å². The van der Waals surface area contributed by atoms with Crippen molar-refractivity contribution in [1.82, 2.24) is 4.98 Å². The van der Waals surface area contributed by atoms with Gasteiger partial charge in [-0.25, -0.2) is 0 Å². The van der Waals surface area contributed by atoms with Gasteiger partial charge in [-0.1, -0.05) is 48.0 Å². The third kappa shape index (κ3) is 2.57. The monoisotopic (exact) mass is 269 g/mol. The Kier molecular flexibility index (Phi) is 3.39. The number of rotatable bonds is 1. The normalized spacial score (nSPS) is 16.4. The summed E-state index contributed by atoms with van der Waals surface area (Å²) in [6, 6.07) is 12.4. The maximum atomic E-state index is 6.43. The summed E-state index contributed by atoms with van der Waals surface area (Å²) in [5.41, 5.74) is 5.84. The lowest BCUT2D eigenvalue weighted by Crippen LogP contribution is -2.06. The first-order valence-electron chi connectivity index (χ1n) is 6.66. The van der Waals surface area contributed by atoms with E-state index in [-0.39, 0.29) is 0 Å². The van der Waals surface area contributed by atoms with E-state index in [0.29, 0.717) is 0 Å². The van der Waals surface area contributed by atoms with Crippen molar-refractivity contribution in [3.05, 3.63) is 63.9 Å². The van der Waals surface area contributed by atoms with Crippen molar-refractivity contribution in [3.8, 4) is 0 Å². The SMILES string of the molecule is Cc1cc(Cl)c2c(n1)CCCC2=Cc1ccccc1. The molecule has 0 unspecified atom stereocenters. The molecule has 0 saturated heterocycles. The fourth-order valence-electron chi connectivity index (χ4n) is 2.68. The van der Waals surface area contributed by atoms with Crippen molar-refractivity contribution < 1.29 is 0 Å². The third-order valence-electron chi connectivity index (χ3n) is 3.50. The Morgan fingerprint density at radius 2 is 1.95 bits per heavy atom. The molecule has 0 radical (unpaired) electrons. The number of pyridine rings is 1. The number of fused-ring (bicyclic) bond motifs is 1. The van der Waals surface area contributed by atoms with Crippen molar-refractivity contribution in [2.24, 2.45) is 0 Å². The first kappa shape index (κ1) is 12.4. The van der Waals surface area contributed by atoms with Gasteiger partial charge in [0.15, 0.2) is 0 Å². The van der Waals surface area contributed by atoms with Crippen LogP contribution in [-0.2, 0) is 6.42 Å². The van der Waals surface area contributed by atoms with Crippen LogP contribution in [0.25, 0.3) is 11.6 Å². The molecule has 0 saturated carbocycles. The lowest BCUT2D eigenvalue weighted by atomic mass is 9.89. The summed E-state index contributed by atoms with van der Waals surface area (Å²) < 4.78 is 0. The Bertz CT molecular complexity index is 629. The number of nitrogens with zero attached hydrogens (tertiary/aromatic N) is 1. The molecule has 19 heavy (non-hydrogen) atoms. The van der Waals surface area contributed by atoms with Crippen molar-refractivity contribution >= 4 is 23.3 Å². The van der Waals surface area contributed by atoms with Crippen LogP contribution in [0.1, 0.15) is 35.4 Å². The zero-order valence-electron chi connectivity index (χ0n) is 11.0. The zero-order chi connectivity index (χ0) is 13.2.